The third-order valence-corrected chi connectivity index (χ3v) is 7.70. The Morgan fingerprint density at radius 3 is 1.56 bits per heavy atom. The van der Waals surface area contributed by atoms with E-state index in [9.17, 15) is 14.4 Å². The number of aromatic nitrogens is 2. The van der Waals surface area contributed by atoms with Crippen molar-refractivity contribution in [2.75, 3.05) is 6.54 Å². The first kappa shape index (κ1) is 41.6. The molecule has 0 atom stereocenters. The van der Waals surface area contributed by atoms with Gasteiger partial charge in [0.25, 0.3) is 0 Å². The molecule has 50 heavy (non-hydrogen) atoms. The molecule has 0 aliphatic rings. The fraction of sp³-hybridized carbons (Fsp3) is 0.417. The number of hydrogen-bond donors (Lipinski definition) is 4. The molecular weight excluding hydrogens is 679 g/mol. The summed E-state index contributed by atoms with van der Waals surface area (Å²) in [5.41, 5.74) is 5.42. The molecule has 4 rings (SSSR count). The van der Waals surface area contributed by atoms with Crippen LogP contribution >= 0.6 is 22.7 Å². The van der Waals surface area contributed by atoms with Gasteiger partial charge in [-0.25, -0.2) is 25.4 Å². The lowest BCUT2D eigenvalue weighted by Gasteiger charge is -2.19. The number of amides is 2. The maximum atomic E-state index is 11.7. The van der Waals surface area contributed by atoms with Gasteiger partial charge in [-0.2, -0.15) is 0 Å². The first-order chi connectivity index (χ1) is 23.4. The van der Waals surface area contributed by atoms with Crippen molar-refractivity contribution in [1.29, 1.82) is 0 Å². The molecule has 2 amide bonds. The van der Waals surface area contributed by atoms with Crippen LogP contribution in [0.3, 0.4) is 0 Å². The molecule has 0 unspecified atom stereocenters. The van der Waals surface area contributed by atoms with Crippen LogP contribution in [-0.2, 0) is 40.0 Å². The minimum absolute atomic E-state index is 0.235. The van der Waals surface area contributed by atoms with Gasteiger partial charge in [0.15, 0.2) is 0 Å². The second-order valence-electron chi connectivity index (χ2n) is 13.0. The van der Waals surface area contributed by atoms with Crippen LogP contribution in [0.2, 0.25) is 0 Å². The average molecular weight is 728 g/mol. The van der Waals surface area contributed by atoms with Crippen LogP contribution in [0.4, 0.5) is 9.59 Å². The fourth-order valence-corrected chi connectivity index (χ4v) is 5.24. The van der Waals surface area contributed by atoms with Crippen LogP contribution < -0.4 is 21.3 Å². The molecule has 0 radical (unpaired) electrons. The Morgan fingerprint density at radius 1 is 0.720 bits per heavy atom. The number of nitrogens with zero attached hydrogens (tertiary/aromatic N) is 2. The van der Waals surface area contributed by atoms with Gasteiger partial charge < -0.3 is 24.6 Å². The van der Waals surface area contributed by atoms with Crippen LogP contribution in [0, 0.1) is 13.8 Å². The molecule has 2 heterocycles. The molecule has 0 saturated heterocycles. The summed E-state index contributed by atoms with van der Waals surface area (Å²) in [6.07, 6.45) is 2.39. The number of aryl methyl sites for hydroxylation is 6. The first-order valence-corrected chi connectivity index (χ1v) is 17.7. The molecule has 0 fully saturated rings. The van der Waals surface area contributed by atoms with E-state index in [-0.39, 0.29) is 6.54 Å². The number of phenolic OH excluding ortho intramolecular Hbond substituents is 1. The van der Waals surface area contributed by atoms with Gasteiger partial charge in [0.2, 0.25) is 0 Å². The average Bonchev–Trinajstić information content (AvgIpc) is 3.65. The van der Waals surface area contributed by atoms with E-state index in [4.69, 9.17) is 25.2 Å². The van der Waals surface area contributed by atoms with Gasteiger partial charge in [-0.1, -0.05) is 24.3 Å². The lowest BCUT2D eigenvalue weighted by molar-refractivity contribution is -0.153. The van der Waals surface area contributed by atoms with E-state index in [2.05, 4.69) is 26.0 Å². The highest BCUT2D eigenvalue weighted by Crippen LogP contribution is 2.16. The number of carbonyl (C=O) groups excluding carboxylic acids is 3. The zero-order valence-electron chi connectivity index (χ0n) is 30.0. The predicted molar refractivity (Wildman–Crippen MR) is 196 cm³/mol. The molecule has 2 aromatic heterocycles. The smallest absolute Gasteiger partial charge is 0.421 e. The lowest BCUT2D eigenvalue weighted by atomic mass is 10.1. The fourth-order valence-electron chi connectivity index (χ4n) is 3.95. The molecule has 0 aliphatic heterocycles. The van der Waals surface area contributed by atoms with Crippen molar-refractivity contribution in [3.05, 3.63) is 91.8 Å². The molecule has 0 saturated carbocycles. The van der Waals surface area contributed by atoms with E-state index in [0.717, 1.165) is 52.6 Å². The molecule has 0 aliphatic carbocycles. The van der Waals surface area contributed by atoms with Gasteiger partial charge in [-0.3, -0.25) is 10.2 Å². The van der Waals surface area contributed by atoms with E-state index in [0.29, 0.717) is 11.5 Å². The lowest BCUT2D eigenvalue weighted by Crippen LogP contribution is -2.36. The van der Waals surface area contributed by atoms with Crippen molar-refractivity contribution < 1.29 is 33.7 Å². The number of phenols is 1. The number of nitrogens with one attached hydrogen (secondary N) is 2. The highest BCUT2D eigenvalue weighted by atomic mass is 32.1. The number of carbonyl (C=O) groups is 3. The minimum atomic E-state index is -0.693. The second-order valence-corrected chi connectivity index (χ2v) is 15.1. The Balaban J connectivity index is 0.000000302. The quantitative estimate of drug-likeness (QED) is 0.0609. The highest BCUT2D eigenvalue weighted by molar-refractivity contribution is 7.09. The number of benzene rings is 2. The van der Waals surface area contributed by atoms with Crippen LogP contribution in [-0.4, -0.2) is 51.0 Å². The minimum Gasteiger partial charge on any atom is -0.508 e. The predicted octanol–water partition coefficient (Wildman–Crippen LogP) is 6.99. The Bertz CT molecular complexity index is 1620. The maximum absolute atomic E-state index is 11.7. The molecule has 5 N–H and O–H groups in total. The third kappa shape index (κ3) is 18.9. The van der Waals surface area contributed by atoms with Gasteiger partial charge in [0, 0.05) is 10.8 Å². The Morgan fingerprint density at radius 2 is 1.18 bits per heavy atom. The number of ether oxygens (including phenoxy) is 3. The summed E-state index contributed by atoms with van der Waals surface area (Å²) in [4.78, 5) is 42.5. The van der Waals surface area contributed by atoms with E-state index in [1.54, 1.807) is 88.5 Å². The van der Waals surface area contributed by atoms with E-state index >= 15 is 0 Å². The van der Waals surface area contributed by atoms with Gasteiger partial charge in [0.1, 0.15) is 29.2 Å². The van der Waals surface area contributed by atoms with Crippen molar-refractivity contribution in [1.82, 2.24) is 20.7 Å². The molecule has 0 spiro atoms. The summed E-state index contributed by atoms with van der Waals surface area (Å²) in [6, 6.07) is 14.6. The van der Waals surface area contributed by atoms with Gasteiger partial charge in [0.05, 0.1) is 21.4 Å². The van der Waals surface area contributed by atoms with Crippen molar-refractivity contribution in [2.24, 2.45) is 5.84 Å². The van der Waals surface area contributed by atoms with Crippen LogP contribution in [0.5, 0.6) is 11.5 Å². The Hall–Kier alpha value is -4.53. The summed E-state index contributed by atoms with van der Waals surface area (Å²) in [5, 5.41) is 17.9. The zero-order valence-corrected chi connectivity index (χ0v) is 31.6. The van der Waals surface area contributed by atoms with Gasteiger partial charge >= 0.3 is 18.2 Å². The molecule has 12 nitrogen and oxygen atoms in total. The largest absolute Gasteiger partial charge is 0.508 e. The molecule has 4 aromatic rings. The van der Waals surface area contributed by atoms with Gasteiger partial charge in [-0.15, -0.1) is 22.7 Å². The monoisotopic (exact) mass is 727 g/mol. The van der Waals surface area contributed by atoms with E-state index in [1.807, 2.05) is 43.5 Å². The SMILES string of the molecule is CC(C)(C)OC(=O)NN.Cc1nc(CCc2ccc(O)cc2)cs1.Cc1nc(CCc2ccc(OC(=O)NCC(=O)OC(C)(C)C)cc2)cs1. The van der Waals surface area contributed by atoms with Crippen molar-refractivity contribution in [2.45, 2.75) is 92.3 Å². The van der Waals surface area contributed by atoms with Crippen LogP contribution in [0.15, 0.2) is 59.3 Å². The highest BCUT2D eigenvalue weighted by Gasteiger charge is 2.17. The number of nitrogens with two attached hydrogens (primary N) is 1. The summed E-state index contributed by atoms with van der Waals surface area (Å²) >= 11 is 3.34. The summed E-state index contributed by atoms with van der Waals surface area (Å²) in [5.74, 6) is 4.98. The number of rotatable bonds is 9. The number of esters is 1. The van der Waals surface area contributed by atoms with Crippen LogP contribution in [0.25, 0.3) is 0 Å². The molecule has 0 bridgehead atoms. The third-order valence-electron chi connectivity index (χ3n) is 6.06. The number of thiazole rings is 2. The Kier molecular flexibility index (Phi) is 16.8. The first-order valence-electron chi connectivity index (χ1n) is 16.0. The van der Waals surface area contributed by atoms with Crippen molar-refractivity contribution in [3.63, 3.8) is 0 Å². The summed E-state index contributed by atoms with van der Waals surface area (Å²) < 4.78 is 15.0. The van der Waals surface area contributed by atoms with Gasteiger partial charge in [-0.05, 0) is 116 Å². The zero-order chi connectivity index (χ0) is 37.3. The molecule has 2 aromatic carbocycles. The Labute approximate surface area is 302 Å². The normalized spacial score (nSPS) is 10.8. The summed E-state index contributed by atoms with van der Waals surface area (Å²) in [6.45, 7) is 14.4. The number of hydrazine groups is 1. The summed E-state index contributed by atoms with van der Waals surface area (Å²) in [7, 11) is 0. The molecular formula is C36H49N5O7S2. The maximum Gasteiger partial charge on any atom is 0.421 e. The van der Waals surface area contributed by atoms with E-state index < -0.39 is 29.4 Å². The van der Waals surface area contributed by atoms with Crippen molar-refractivity contribution >= 4 is 40.8 Å². The van der Waals surface area contributed by atoms with Crippen LogP contribution in [0.1, 0.15) is 74.1 Å². The second kappa shape index (κ2) is 20.2. The van der Waals surface area contributed by atoms with Crippen molar-refractivity contribution in [3.8, 4) is 11.5 Å². The number of hydrogen-bond acceptors (Lipinski definition) is 12. The van der Waals surface area contributed by atoms with E-state index in [1.165, 1.54) is 5.56 Å². The topological polar surface area (TPSA) is 175 Å². The number of aromatic hydroxyl groups is 1. The molecule has 272 valence electrons. The standard InChI is InChI=1S/C19H24N2O4S.C12H13NOS.C5H12N2O2/c1-13-21-15(12-26-13)8-5-14-6-9-16(10-7-14)24-18(23)20-11-17(22)25-19(2,3)4;1-9-13-11(8-15-9)5-2-10-3-6-12(14)7-4-10;1-5(2,3)9-4(8)7-6/h6-7,9-10,12H,5,8,11H2,1-4H3,(H,20,23);3-4,6-8,14H,2,5H2,1H3;6H2,1-3H3,(H,7,8). The molecule has 14 heteroatoms.